The molecule has 5 N–H and O–H groups in total. The van der Waals surface area contributed by atoms with Gasteiger partial charge < -0.3 is 16.8 Å². The van der Waals surface area contributed by atoms with E-state index in [2.05, 4.69) is 15.5 Å². The van der Waals surface area contributed by atoms with Gasteiger partial charge in [0.2, 0.25) is 5.96 Å². The van der Waals surface area contributed by atoms with Crippen molar-refractivity contribution in [2.45, 2.75) is 13.3 Å². The largest absolute Gasteiger partial charge is 0.369 e. The molecule has 0 unspecified atom stereocenters. The van der Waals surface area contributed by atoms with E-state index >= 15 is 0 Å². The quantitative estimate of drug-likeness (QED) is 0.454. The van der Waals surface area contributed by atoms with Crippen LogP contribution in [0.1, 0.15) is 23.6 Å². The zero-order valence-electron chi connectivity index (χ0n) is 13.9. The molecule has 0 fully saturated rings. The molecule has 0 bridgehead atoms. The van der Waals surface area contributed by atoms with Crippen molar-refractivity contribution < 1.29 is 4.79 Å². The Labute approximate surface area is 145 Å². The first kappa shape index (κ1) is 16.4. The van der Waals surface area contributed by atoms with Crippen molar-refractivity contribution in [1.82, 2.24) is 0 Å². The average Bonchev–Trinajstić information content (AvgIpc) is 3.04. The molecule has 1 aliphatic rings. The summed E-state index contributed by atoms with van der Waals surface area (Å²) in [4.78, 5) is 12.5. The SMILES string of the molecule is C/C(=N\N=C(N)N)c1ccc(NC(=O)C2=CCc3ccccc32)cc1. The second-order valence-corrected chi connectivity index (χ2v) is 5.72. The second-order valence-electron chi connectivity index (χ2n) is 5.72. The average molecular weight is 333 g/mol. The Morgan fingerprint density at radius 1 is 1.04 bits per heavy atom. The van der Waals surface area contributed by atoms with Crippen LogP contribution in [0.3, 0.4) is 0 Å². The summed E-state index contributed by atoms with van der Waals surface area (Å²) >= 11 is 0. The molecule has 0 radical (unpaired) electrons. The molecule has 6 nitrogen and oxygen atoms in total. The minimum Gasteiger partial charge on any atom is -0.369 e. The third kappa shape index (κ3) is 3.74. The fourth-order valence-electron chi connectivity index (χ4n) is 2.68. The molecule has 1 aliphatic carbocycles. The van der Waals surface area contributed by atoms with Crippen LogP contribution in [0.5, 0.6) is 0 Å². The number of carbonyl (C=O) groups excluding carboxylic acids is 1. The monoisotopic (exact) mass is 333 g/mol. The molecule has 6 heteroatoms. The van der Waals surface area contributed by atoms with Gasteiger partial charge in [-0.05, 0) is 42.2 Å². The number of nitrogens with zero attached hydrogens (tertiary/aromatic N) is 2. The number of anilines is 1. The van der Waals surface area contributed by atoms with Crippen molar-refractivity contribution >= 4 is 28.8 Å². The Hall–Kier alpha value is -3.41. The van der Waals surface area contributed by atoms with E-state index in [9.17, 15) is 4.79 Å². The summed E-state index contributed by atoms with van der Waals surface area (Å²) in [5, 5.41) is 10.5. The molecule has 1 amide bonds. The first-order chi connectivity index (χ1) is 12.0. The van der Waals surface area contributed by atoms with Crippen LogP contribution >= 0.6 is 0 Å². The topological polar surface area (TPSA) is 106 Å². The molecule has 0 heterocycles. The van der Waals surface area contributed by atoms with Crippen LogP contribution in [0.4, 0.5) is 5.69 Å². The molecule has 2 aromatic carbocycles. The molecular formula is C19H19N5O. The smallest absolute Gasteiger partial charge is 0.255 e. The highest BCUT2D eigenvalue weighted by atomic mass is 16.1. The molecule has 0 aliphatic heterocycles. The normalized spacial score (nSPS) is 13.0. The fraction of sp³-hybridized carbons (Fsp3) is 0.105. The predicted octanol–water partition coefficient (Wildman–Crippen LogP) is 2.26. The van der Waals surface area contributed by atoms with E-state index in [0.29, 0.717) is 17.0 Å². The van der Waals surface area contributed by atoms with Crippen LogP contribution in [0.25, 0.3) is 5.57 Å². The Morgan fingerprint density at radius 3 is 2.48 bits per heavy atom. The molecule has 25 heavy (non-hydrogen) atoms. The van der Waals surface area contributed by atoms with Crippen LogP contribution < -0.4 is 16.8 Å². The third-order valence-electron chi connectivity index (χ3n) is 3.95. The highest BCUT2D eigenvalue weighted by molar-refractivity contribution is 6.26. The van der Waals surface area contributed by atoms with Gasteiger partial charge in [0.25, 0.3) is 5.91 Å². The van der Waals surface area contributed by atoms with E-state index < -0.39 is 0 Å². The van der Waals surface area contributed by atoms with Crippen LogP contribution in [0.15, 0.2) is 64.8 Å². The van der Waals surface area contributed by atoms with E-state index in [1.807, 2.05) is 54.6 Å². The number of nitrogens with two attached hydrogens (primary N) is 2. The summed E-state index contributed by atoms with van der Waals surface area (Å²) in [6.45, 7) is 1.81. The Balaban J connectivity index is 1.71. The first-order valence-corrected chi connectivity index (χ1v) is 7.88. The van der Waals surface area contributed by atoms with Gasteiger partial charge in [-0.2, -0.15) is 5.10 Å². The van der Waals surface area contributed by atoms with E-state index in [1.54, 1.807) is 6.92 Å². The van der Waals surface area contributed by atoms with Gasteiger partial charge in [-0.25, -0.2) is 0 Å². The molecule has 3 rings (SSSR count). The maximum atomic E-state index is 12.5. The maximum absolute atomic E-state index is 12.5. The molecule has 0 atom stereocenters. The van der Waals surface area contributed by atoms with Crippen LogP contribution in [-0.2, 0) is 11.2 Å². The van der Waals surface area contributed by atoms with Gasteiger partial charge >= 0.3 is 0 Å². The van der Waals surface area contributed by atoms with E-state index in [1.165, 1.54) is 5.56 Å². The van der Waals surface area contributed by atoms with Crippen LogP contribution in [0, 0.1) is 0 Å². The van der Waals surface area contributed by atoms with Gasteiger partial charge in [0.1, 0.15) is 0 Å². The van der Waals surface area contributed by atoms with Crippen molar-refractivity contribution in [1.29, 1.82) is 0 Å². The van der Waals surface area contributed by atoms with Crippen LogP contribution in [-0.4, -0.2) is 17.6 Å². The lowest BCUT2D eigenvalue weighted by Crippen LogP contribution is -2.22. The standard InChI is InChI=1S/C19H19N5O/c1-12(23-24-19(20)21)13-6-9-15(10-7-13)22-18(25)17-11-8-14-4-2-3-5-16(14)17/h2-7,9-11H,8H2,1H3,(H,22,25)(H4,20,21,24)/b23-12+. The fourth-order valence-corrected chi connectivity index (χ4v) is 2.68. The maximum Gasteiger partial charge on any atom is 0.255 e. The second kappa shape index (κ2) is 7.00. The first-order valence-electron chi connectivity index (χ1n) is 7.88. The number of amides is 1. The van der Waals surface area contributed by atoms with Crippen molar-refractivity contribution in [3.63, 3.8) is 0 Å². The summed E-state index contributed by atoms with van der Waals surface area (Å²) in [7, 11) is 0. The summed E-state index contributed by atoms with van der Waals surface area (Å²) in [6, 6.07) is 15.3. The third-order valence-corrected chi connectivity index (χ3v) is 3.95. The lowest BCUT2D eigenvalue weighted by molar-refractivity contribution is -0.111. The molecule has 126 valence electrons. The number of benzene rings is 2. The minimum absolute atomic E-state index is 0.0895. The van der Waals surface area contributed by atoms with Gasteiger partial charge in [0, 0.05) is 11.3 Å². The number of fused-ring (bicyclic) bond motifs is 1. The van der Waals surface area contributed by atoms with E-state index in [4.69, 9.17) is 11.5 Å². The van der Waals surface area contributed by atoms with Gasteiger partial charge in [0.05, 0.1) is 5.71 Å². The highest BCUT2D eigenvalue weighted by Gasteiger charge is 2.19. The van der Waals surface area contributed by atoms with E-state index in [0.717, 1.165) is 17.5 Å². The summed E-state index contributed by atoms with van der Waals surface area (Å²) in [5.41, 5.74) is 15.7. The molecule has 2 aromatic rings. The zero-order valence-corrected chi connectivity index (χ0v) is 13.9. The van der Waals surface area contributed by atoms with Crippen LogP contribution in [0.2, 0.25) is 0 Å². The molecule has 0 aromatic heterocycles. The number of allylic oxidation sites excluding steroid dienone is 1. The van der Waals surface area contributed by atoms with Crippen molar-refractivity contribution in [3.05, 3.63) is 71.3 Å². The summed E-state index contributed by atoms with van der Waals surface area (Å²) < 4.78 is 0. The molecule has 0 spiro atoms. The zero-order chi connectivity index (χ0) is 17.8. The van der Waals surface area contributed by atoms with Gasteiger partial charge in [-0.1, -0.05) is 42.5 Å². The van der Waals surface area contributed by atoms with Gasteiger partial charge in [-0.15, -0.1) is 5.10 Å². The number of carbonyl (C=O) groups is 1. The number of nitrogens with one attached hydrogen (secondary N) is 1. The lowest BCUT2D eigenvalue weighted by atomic mass is 10.1. The minimum atomic E-state index is -0.108. The van der Waals surface area contributed by atoms with Crippen molar-refractivity contribution in [3.8, 4) is 0 Å². The summed E-state index contributed by atoms with van der Waals surface area (Å²) in [6.07, 6.45) is 2.75. The number of guanidine groups is 1. The lowest BCUT2D eigenvalue weighted by Gasteiger charge is -2.08. The number of hydrogen-bond donors (Lipinski definition) is 3. The van der Waals surface area contributed by atoms with Crippen molar-refractivity contribution in [2.75, 3.05) is 5.32 Å². The van der Waals surface area contributed by atoms with E-state index in [-0.39, 0.29) is 11.9 Å². The molecular weight excluding hydrogens is 314 g/mol. The van der Waals surface area contributed by atoms with Crippen molar-refractivity contribution in [2.24, 2.45) is 21.7 Å². The molecule has 0 saturated heterocycles. The summed E-state index contributed by atoms with van der Waals surface area (Å²) in [5.74, 6) is -0.197. The number of hydrogen-bond acceptors (Lipinski definition) is 3. The Kier molecular flexibility index (Phi) is 4.61. The van der Waals surface area contributed by atoms with Gasteiger partial charge in [-0.3, -0.25) is 4.79 Å². The Morgan fingerprint density at radius 2 is 1.76 bits per heavy atom. The van der Waals surface area contributed by atoms with Gasteiger partial charge in [0.15, 0.2) is 0 Å². The molecule has 0 saturated carbocycles. The Bertz CT molecular complexity index is 890. The number of rotatable bonds is 4. The highest BCUT2D eigenvalue weighted by Crippen LogP contribution is 2.28. The predicted molar refractivity (Wildman–Crippen MR) is 101 cm³/mol.